The highest BCUT2D eigenvalue weighted by Gasteiger charge is 2.01. The van der Waals surface area contributed by atoms with Crippen molar-refractivity contribution in [2.45, 2.75) is 25.8 Å². The Labute approximate surface area is 105 Å². The first-order valence-electron chi connectivity index (χ1n) is 6.16. The molecule has 0 fully saturated rings. The molecule has 4 nitrogen and oxygen atoms in total. The van der Waals surface area contributed by atoms with Gasteiger partial charge in [-0.1, -0.05) is 6.92 Å². The molecule has 1 unspecified atom stereocenters. The second kappa shape index (κ2) is 13.5. The van der Waals surface area contributed by atoms with Crippen molar-refractivity contribution >= 4 is 0 Å². The normalized spacial score (nSPS) is 12.3. The summed E-state index contributed by atoms with van der Waals surface area (Å²) in [4.78, 5) is 0. The van der Waals surface area contributed by atoms with Crippen LogP contribution in [0.25, 0.3) is 0 Å². The molecule has 17 heavy (non-hydrogen) atoms. The van der Waals surface area contributed by atoms with Crippen LogP contribution < -0.4 is 5.32 Å². The standard InChI is InChI=1S/C13H25NO3/c1-4-6-13(5-2)14-7-8-16-11-12-17-10-9-15-3/h1,13-14H,5-12H2,2-3H3. The van der Waals surface area contributed by atoms with Crippen LogP contribution in [0.2, 0.25) is 0 Å². The molecule has 0 aromatic carbocycles. The van der Waals surface area contributed by atoms with Gasteiger partial charge < -0.3 is 19.5 Å². The summed E-state index contributed by atoms with van der Waals surface area (Å²) >= 11 is 0. The monoisotopic (exact) mass is 243 g/mol. The molecule has 0 aromatic heterocycles. The minimum absolute atomic E-state index is 0.404. The van der Waals surface area contributed by atoms with Gasteiger partial charge in [0.15, 0.2) is 0 Å². The second-order valence-corrected chi connectivity index (χ2v) is 3.69. The maximum atomic E-state index is 5.41. The largest absolute Gasteiger partial charge is 0.382 e. The van der Waals surface area contributed by atoms with Gasteiger partial charge in [0.1, 0.15) is 0 Å². The number of ether oxygens (including phenoxy) is 3. The van der Waals surface area contributed by atoms with E-state index in [1.165, 1.54) is 0 Å². The molecular weight excluding hydrogens is 218 g/mol. The van der Waals surface area contributed by atoms with Gasteiger partial charge in [-0.3, -0.25) is 0 Å². The van der Waals surface area contributed by atoms with Crippen LogP contribution in [-0.4, -0.2) is 52.7 Å². The minimum Gasteiger partial charge on any atom is -0.382 e. The highest BCUT2D eigenvalue weighted by molar-refractivity contribution is 4.89. The van der Waals surface area contributed by atoms with E-state index in [4.69, 9.17) is 20.6 Å². The van der Waals surface area contributed by atoms with Crippen molar-refractivity contribution in [2.75, 3.05) is 46.7 Å². The molecule has 1 atom stereocenters. The van der Waals surface area contributed by atoms with Crippen LogP contribution in [0, 0.1) is 12.3 Å². The van der Waals surface area contributed by atoms with Gasteiger partial charge in [0.2, 0.25) is 0 Å². The third kappa shape index (κ3) is 11.7. The Morgan fingerprint density at radius 3 is 2.35 bits per heavy atom. The van der Waals surface area contributed by atoms with Crippen molar-refractivity contribution in [3.05, 3.63) is 0 Å². The fourth-order valence-electron chi connectivity index (χ4n) is 1.30. The predicted octanol–water partition coefficient (Wildman–Crippen LogP) is 1.06. The molecule has 0 aliphatic rings. The van der Waals surface area contributed by atoms with Gasteiger partial charge in [0.05, 0.1) is 33.0 Å². The molecule has 100 valence electrons. The summed E-state index contributed by atoms with van der Waals surface area (Å²) in [5.74, 6) is 2.66. The van der Waals surface area contributed by atoms with E-state index in [1.807, 2.05) is 0 Å². The molecule has 0 saturated heterocycles. The summed E-state index contributed by atoms with van der Waals surface area (Å²) in [6.07, 6.45) is 7.09. The zero-order chi connectivity index (χ0) is 12.8. The van der Waals surface area contributed by atoms with E-state index in [9.17, 15) is 0 Å². The molecule has 0 saturated carbocycles. The van der Waals surface area contributed by atoms with E-state index in [1.54, 1.807) is 7.11 Å². The van der Waals surface area contributed by atoms with Crippen LogP contribution in [0.5, 0.6) is 0 Å². The second-order valence-electron chi connectivity index (χ2n) is 3.69. The van der Waals surface area contributed by atoms with Gasteiger partial charge >= 0.3 is 0 Å². The molecule has 0 radical (unpaired) electrons. The van der Waals surface area contributed by atoms with Crippen LogP contribution in [-0.2, 0) is 14.2 Å². The molecule has 0 rings (SSSR count). The fourth-order valence-corrected chi connectivity index (χ4v) is 1.30. The van der Waals surface area contributed by atoms with Gasteiger partial charge in [0, 0.05) is 26.1 Å². The zero-order valence-corrected chi connectivity index (χ0v) is 11.0. The average Bonchev–Trinajstić information content (AvgIpc) is 2.35. The Morgan fingerprint density at radius 1 is 1.12 bits per heavy atom. The number of terminal acetylenes is 1. The van der Waals surface area contributed by atoms with Gasteiger partial charge in [-0.2, -0.15) is 0 Å². The molecule has 0 spiro atoms. The lowest BCUT2D eigenvalue weighted by atomic mass is 10.1. The number of rotatable bonds is 12. The third-order valence-electron chi connectivity index (χ3n) is 2.34. The van der Waals surface area contributed by atoms with Crippen LogP contribution in [0.1, 0.15) is 19.8 Å². The van der Waals surface area contributed by atoms with Crippen molar-refractivity contribution < 1.29 is 14.2 Å². The van der Waals surface area contributed by atoms with Crippen LogP contribution in [0.15, 0.2) is 0 Å². The first kappa shape index (κ1) is 16.4. The lowest BCUT2D eigenvalue weighted by Crippen LogP contribution is -2.31. The summed E-state index contributed by atoms with van der Waals surface area (Å²) in [6.45, 7) is 6.14. The maximum Gasteiger partial charge on any atom is 0.0701 e. The third-order valence-corrected chi connectivity index (χ3v) is 2.34. The van der Waals surface area contributed by atoms with Gasteiger partial charge in [-0.25, -0.2) is 0 Å². The van der Waals surface area contributed by atoms with Crippen LogP contribution >= 0.6 is 0 Å². The first-order chi connectivity index (χ1) is 8.35. The summed E-state index contributed by atoms with van der Waals surface area (Å²) in [5.41, 5.74) is 0. The highest BCUT2D eigenvalue weighted by Crippen LogP contribution is 1.94. The molecule has 1 N–H and O–H groups in total. The van der Waals surface area contributed by atoms with Crippen LogP contribution in [0.4, 0.5) is 0 Å². The van der Waals surface area contributed by atoms with Crippen molar-refractivity contribution in [1.29, 1.82) is 0 Å². The maximum absolute atomic E-state index is 5.41. The summed E-state index contributed by atoms with van der Waals surface area (Å²) in [6, 6.07) is 0.404. The smallest absolute Gasteiger partial charge is 0.0701 e. The van der Waals surface area contributed by atoms with Crippen molar-refractivity contribution in [2.24, 2.45) is 0 Å². The van der Waals surface area contributed by atoms with Crippen molar-refractivity contribution in [1.82, 2.24) is 5.32 Å². The number of hydrogen-bond acceptors (Lipinski definition) is 4. The van der Waals surface area contributed by atoms with Crippen molar-refractivity contribution in [3.8, 4) is 12.3 Å². The molecule has 0 aliphatic carbocycles. The van der Waals surface area contributed by atoms with E-state index < -0.39 is 0 Å². The Hall–Kier alpha value is -0.600. The fraction of sp³-hybridized carbons (Fsp3) is 0.846. The van der Waals surface area contributed by atoms with Crippen LogP contribution in [0.3, 0.4) is 0 Å². The Bertz CT molecular complexity index is 192. The summed E-state index contributed by atoms with van der Waals surface area (Å²) < 4.78 is 15.5. The van der Waals surface area contributed by atoms with E-state index in [0.29, 0.717) is 39.1 Å². The zero-order valence-electron chi connectivity index (χ0n) is 11.0. The van der Waals surface area contributed by atoms with Crippen molar-refractivity contribution in [3.63, 3.8) is 0 Å². The lowest BCUT2D eigenvalue weighted by Gasteiger charge is -2.14. The Balaban J connectivity index is 3.15. The molecule has 0 aromatic rings. The topological polar surface area (TPSA) is 39.7 Å². The predicted molar refractivity (Wildman–Crippen MR) is 69.0 cm³/mol. The molecule has 0 heterocycles. The van der Waals surface area contributed by atoms with Gasteiger partial charge in [-0.05, 0) is 6.42 Å². The quantitative estimate of drug-likeness (QED) is 0.411. The number of hydrogen-bond donors (Lipinski definition) is 1. The van der Waals surface area contributed by atoms with E-state index >= 15 is 0 Å². The number of nitrogens with one attached hydrogen (secondary N) is 1. The SMILES string of the molecule is C#CCC(CC)NCCOCCOCCOC. The first-order valence-corrected chi connectivity index (χ1v) is 6.16. The molecule has 0 amide bonds. The lowest BCUT2D eigenvalue weighted by molar-refractivity contribution is 0.0252. The highest BCUT2D eigenvalue weighted by atomic mass is 16.5. The Morgan fingerprint density at radius 2 is 1.76 bits per heavy atom. The average molecular weight is 243 g/mol. The van der Waals surface area contributed by atoms with E-state index in [-0.39, 0.29) is 0 Å². The molecule has 4 heteroatoms. The summed E-state index contributed by atoms with van der Waals surface area (Å²) in [7, 11) is 1.66. The van der Waals surface area contributed by atoms with Gasteiger partial charge in [-0.15, -0.1) is 12.3 Å². The van der Waals surface area contributed by atoms with E-state index in [2.05, 4.69) is 18.2 Å². The summed E-state index contributed by atoms with van der Waals surface area (Å²) in [5, 5.41) is 3.35. The minimum atomic E-state index is 0.404. The number of methoxy groups -OCH3 is 1. The molecule has 0 aliphatic heterocycles. The Kier molecular flexibility index (Phi) is 13.0. The molecular formula is C13H25NO3. The molecule has 0 bridgehead atoms. The van der Waals surface area contributed by atoms with E-state index in [0.717, 1.165) is 19.4 Å². The van der Waals surface area contributed by atoms with Gasteiger partial charge in [0.25, 0.3) is 0 Å².